The van der Waals surface area contributed by atoms with E-state index in [0.717, 1.165) is 0 Å². The smallest absolute Gasteiger partial charge is 0.202 e. The fourth-order valence-corrected chi connectivity index (χ4v) is 2.78. The van der Waals surface area contributed by atoms with Gasteiger partial charge in [-0.3, -0.25) is 9.98 Å². The molecule has 2 aromatic carbocycles. The van der Waals surface area contributed by atoms with Crippen molar-refractivity contribution in [2.75, 3.05) is 0 Å². The number of aliphatic imine (C=N–C) groups is 2. The predicted octanol–water partition coefficient (Wildman–Crippen LogP) is 3.02. The van der Waals surface area contributed by atoms with Crippen LogP contribution in [0.1, 0.15) is 11.1 Å². The molecule has 80 valence electrons. The van der Waals surface area contributed by atoms with Crippen molar-refractivity contribution in [1.82, 2.24) is 0 Å². The first-order valence-corrected chi connectivity index (χ1v) is 5.70. The normalized spacial score (nSPS) is 17.4. The maximum absolute atomic E-state index is 4.60. The largest absolute Gasteiger partial charge is 0.253 e. The van der Waals surface area contributed by atoms with Crippen molar-refractivity contribution in [3.8, 4) is 11.1 Å². The molecule has 2 heteroatoms. The summed E-state index contributed by atoms with van der Waals surface area (Å²) in [6.07, 6.45) is 3.58. The van der Waals surface area contributed by atoms with Crippen molar-refractivity contribution in [2.24, 2.45) is 9.98 Å². The molecule has 2 aliphatic rings. The fourth-order valence-electron chi connectivity index (χ4n) is 2.78. The zero-order valence-corrected chi connectivity index (χ0v) is 9.17. The first-order chi connectivity index (χ1) is 8.42. The molecule has 2 aromatic rings. The molecule has 0 unspecified atom stereocenters. The lowest BCUT2D eigenvalue weighted by Crippen LogP contribution is -2.16. The van der Waals surface area contributed by atoms with Crippen LogP contribution in [0, 0.1) is 0 Å². The molecule has 0 saturated carbocycles. The molecule has 0 saturated heterocycles. The predicted molar refractivity (Wildman–Crippen MR) is 69.6 cm³/mol. The minimum atomic E-state index is -0.507. The molecule has 1 heterocycles. The molecule has 0 aromatic heterocycles. The Hall–Kier alpha value is -2.22. The highest BCUT2D eigenvalue weighted by atomic mass is 15.1. The Morgan fingerprint density at radius 1 is 0.647 bits per heavy atom. The summed E-state index contributed by atoms with van der Waals surface area (Å²) in [7, 11) is 0. The van der Waals surface area contributed by atoms with Crippen LogP contribution < -0.4 is 0 Å². The molecular weight excluding hydrogens is 208 g/mol. The Bertz CT molecular complexity index is 609. The van der Waals surface area contributed by atoms with E-state index >= 15 is 0 Å². The van der Waals surface area contributed by atoms with Crippen molar-refractivity contribution < 1.29 is 0 Å². The van der Waals surface area contributed by atoms with Gasteiger partial charge in [-0.1, -0.05) is 48.5 Å². The van der Waals surface area contributed by atoms with Gasteiger partial charge in [0.25, 0.3) is 0 Å². The SMILES string of the molecule is C1=NC2(N=C1)c1ccccc1-c1ccccc12. The second kappa shape index (κ2) is 2.92. The lowest BCUT2D eigenvalue weighted by Gasteiger charge is -2.19. The number of fused-ring (bicyclic) bond motifs is 5. The molecule has 0 atom stereocenters. The minimum absolute atomic E-state index is 0.507. The Morgan fingerprint density at radius 3 is 1.65 bits per heavy atom. The number of hydrogen-bond donors (Lipinski definition) is 0. The zero-order valence-electron chi connectivity index (χ0n) is 9.17. The van der Waals surface area contributed by atoms with Gasteiger partial charge in [0.2, 0.25) is 5.66 Å². The van der Waals surface area contributed by atoms with E-state index in [1.807, 2.05) is 0 Å². The van der Waals surface area contributed by atoms with Gasteiger partial charge in [0.15, 0.2) is 0 Å². The van der Waals surface area contributed by atoms with E-state index < -0.39 is 5.66 Å². The van der Waals surface area contributed by atoms with Gasteiger partial charge in [0.1, 0.15) is 0 Å². The Labute approximate surface area is 99.4 Å². The number of nitrogens with zero attached hydrogens (tertiary/aromatic N) is 2. The van der Waals surface area contributed by atoms with Gasteiger partial charge in [-0.2, -0.15) is 0 Å². The van der Waals surface area contributed by atoms with Crippen LogP contribution >= 0.6 is 0 Å². The molecule has 4 rings (SSSR count). The van der Waals surface area contributed by atoms with E-state index in [0.29, 0.717) is 0 Å². The van der Waals surface area contributed by atoms with Crippen LogP contribution in [0.15, 0.2) is 58.5 Å². The molecule has 1 spiro atoms. The highest BCUT2D eigenvalue weighted by molar-refractivity contribution is 6.18. The van der Waals surface area contributed by atoms with Crippen LogP contribution in [0.25, 0.3) is 11.1 Å². The molecule has 0 N–H and O–H groups in total. The van der Waals surface area contributed by atoms with Gasteiger partial charge in [-0.15, -0.1) is 0 Å². The molecule has 1 aliphatic heterocycles. The highest BCUT2D eigenvalue weighted by Gasteiger charge is 2.43. The van der Waals surface area contributed by atoms with E-state index in [4.69, 9.17) is 0 Å². The summed E-state index contributed by atoms with van der Waals surface area (Å²) in [5, 5.41) is 0. The molecule has 0 bridgehead atoms. The average Bonchev–Trinajstić information content (AvgIpc) is 2.98. The third-order valence-electron chi connectivity index (χ3n) is 3.48. The van der Waals surface area contributed by atoms with Crippen molar-refractivity contribution >= 4 is 12.4 Å². The summed E-state index contributed by atoms with van der Waals surface area (Å²) in [5.74, 6) is 0. The van der Waals surface area contributed by atoms with E-state index in [2.05, 4.69) is 58.5 Å². The molecule has 1 aliphatic carbocycles. The average molecular weight is 218 g/mol. The second-order valence-corrected chi connectivity index (χ2v) is 4.32. The van der Waals surface area contributed by atoms with Crippen LogP contribution in [-0.2, 0) is 5.66 Å². The van der Waals surface area contributed by atoms with Gasteiger partial charge in [-0.05, 0) is 11.1 Å². The number of benzene rings is 2. The Morgan fingerprint density at radius 2 is 1.12 bits per heavy atom. The van der Waals surface area contributed by atoms with E-state index in [1.165, 1.54) is 22.3 Å². The van der Waals surface area contributed by atoms with Gasteiger partial charge in [-0.25, -0.2) is 0 Å². The molecule has 0 fully saturated rings. The summed E-state index contributed by atoms with van der Waals surface area (Å²) in [5.41, 5.74) is 4.36. The van der Waals surface area contributed by atoms with Gasteiger partial charge >= 0.3 is 0 Å². The summed E-state index contributed by atoms with van der Waals surface area (Å²) in [4.78, 5) is 9.20. The maximum atomic E-state index is 4.60. The standard InChI is InChI=1S/C15H10N2/c1-3-7-13-11(5-1)12-6-2-4-8-14(12)15(13)16-9-10-17-15/h1-10H. The summed E-state index contributed by atoms with van der Waals surface area (Å²) < 4.78 is 0. The highest BCUT2D eigenvalue weighted by Crippen LogP contribution is 2.50. The minimum Gasteiger partial charge on any atom is -0.253 e. The Kier molecular flexibility index (Phi) is 1.52. The molecule has 0 radical (unpaired) electrons. The third-order valence-corrected chi connectivity index (χ3v) is 3.48. The van der Waals surface area contributed by atoms with Gasteiger partial charge in [0.05, 0.1) is 0 Å². The van der Waals surface area contributed by atoms with E-state index in [-0.39, 0.29) is 0 Å². The first-order valence-electron chi connectivity index (χ1n) is 5.70. The maximum Gasteiger partial charge on any atom is 0.202 e. The van der Waals surface area contributed by atoms with Crippen molar-refractivity contribution in [3.63, 3.8) is 0 Å². The molecule has 2 nitrogen and oxygen atoms in total. The van der Waals surface area contributed by atoms with Crippen LogP contribution in [-0.4, -0.2) is 12.4 Å². The van der Waals surface area contributed by atoms with Gasteiger partial charge < -0.3 is 0 Å². The van der Waals surface area contributed by atoms with Crippen LogP contribution in [0.5, 0.6) is 0 Å². The summed E-state index contributed by atoms with van der Waals surface area (Å²) >= 11 is 0. The first kappa shape index (κ1) is 8.88. The van der Waals surface area contributed by atoms with Crippen LogP contribution in [0.2, 0.25) is 0 Å². The number of hydrogen-bond acceptors (Lipinski definition) is 2. The summed E-state index contributed by atoms with van der Waals surface area (Å²) in [6, 6.07) is 16.8. The van der Waals surface area contributed by atoms with Crippen molar-refractivity contribution in [2.45, 2.75) is 5.66 Å². The lowest BCUT2D eigenvalue weighted by atomic mass is 9.99. The summed E-state index contributed by atoms with van der Waals surface area (Å²) in [6.45, 7) is 0. The zero-order chi connectivity index (χ0) is 11.3. The van der Waals surface area contributed by atoms with Gasteiger partial charge in [0, 0.05) is 23.6 Å². The topological polar surface area (TPSA) is 24.7 Å². The van der Waals surface area contributed by atoms with Crippen LogP contribution in [0.3, 0.4) is 0 Å². The second-order valence-electron chi connectivity index (χ2n) is 4.32. The monoisotopic (exact) mass is 218 g/mol. The molecular formula is C15H10N2. The lowest BCUT2D eigenvalue weighted by molar-refractivity contribution is 0.608. The third kappa shape index (κ3) is 0.954. The quantitative estimate of drug-likeness (QED) is 0.649. The van der Waals surface area contributed by atoms with Crippen molar-refractivity contribution in [3.05, 3.63) is 59.7 Å². The fraction of sp³-hybridized carbons (Fsp3) is 0.0667. The molecule has 0 amide bonds. The van der Waals surface area contributed by atoms with Crippen LogP contribution in [0.4, 0.5) is 0 Å². The molecule has 17 heavy (non-hydrogen) atoms. The van der Waals surface area contributed by atoms with Crippen molar-refractivity contribution in [1.29, 1.82) is 0 Å². The van der Waals surface area contributed by atoms with E-state index in [1.54, 1.807) is 12.4 Å². The number of rotatable bonds is 0. The Balaban J connectivity index is 2.17. The van der Waals surface area contributed by atoms with E-state index in [9.17, 15) is 0 Å².